The van der Waals surface area contributed by atoms with E-state index >= 15 is 0 Å². The largest absolute Gasteiger partial charge is 0.385 e. The lowest BCUT2D eigenvalue weighted by Gasteiger charge is -2.08. The molecule has 1 N–H and O–H groups in total. The number of nitrogens with zero attached hydrogens (tertiary/aromatic N) is 5. The Morgan fingerprint density at radius 3 is 2.75 bits per heavy atom. The fourth-order valence-electron chi connectivity index (χ4n) is 2.20. The predicted octanol–water partition coefficient (Wildman–Crippen LogP) is 3.89. The fourth-order valence-corrected chi connectivity index (χ4v) is 3.00. The van der Waals surface area contributed by atoms with Crippen molar-refractivity contribution in [3.63, 3.8) is 0 Å². The first kappa shape index (κ1) is 17.0. The van der Waals surface area contributed by atoms with Crippen LogP contribution in [0.5, 0.6) is 0 Å². The summed E-state index contributed by atoms with van der Waals surface area (Å²) in [6.45, 7) is 3.80. The summed E-state index contributed by atoms with van der Waals surface area (Å²) in [6, 6.07) is 5.54. The van der Waals surface area contributed by atoms with Crippen LogP contribution in [0.15, 0.2) is 35.1 Å². The highest BCUT2D eigenvalue weighted by Crippen LogP contribution is 2.32. The molecule has 2 aromatic heterocycles. The number of rotatable bonds is 4. The number of halogens is 2. The van der Waals surface area contributed by atoms with Crippen LogP contribution in [0.1, 0.15) is 30.8 Å². The number of benzene rings is 1. The van der Waals surface area contributed by atoms with Gasteiger partial charge in [-0.3, -0.25) is 0 Å². The first-order valence-corrected chi connectivity index (χ1v) is 8.56. The standard InChI is InChI=1S/C16H15BrClN5O/c1-3-14(24)15-21-16(10-6-12(17)9(2)13(18)7-10)23(22-15)11-4-5-19-20-8-11/h4-8,14,24H,3H2,1-2H3. The number of aromatic nitrogens is 5. The first-order valence-electron chi connectivity index (χ1n) is 7.39. The van der Waals surface area contributed by atoms with Crippen LogP contribution in [0.2, 0.25) is 5.02 Å². The lowest BCUT2D eigenvalue weighted by atomic mass is 10.1. The van der Waals surface area contributed by atoms with Crippen molar-refractivity contribution in [3.05, 3.63) is 51.5 Å². The van der Waals surface area contributed by atoms with E-state index in [2.05, 4.69) is 36.2 Å². The zero-order valence-corrected chi connectivity index (χ0v) is 15.5. The van der Waals surface area contributed by atoms with Crippen molar-refractivity contribution in [2.75, 3.05) is 0 Å². The third-order valence-corrected chi connectivity index (χ3v) is 4.88. The van der Waals surface area contributed by atoms with Crippen LogP contribution in [0.3, 0.4) is 0 Å². The van der Waals surface area contributed by atoms with E-state index in [4.69, 9.17) is 11.6 Å². The number of aliphatic hydroxyl groups is 1. The molecule has 1 atom stereocenters. The number of aliphatic hydroxyl groups excluding tert-OH is 1. The maximum absolute atomic E-state index is 10.1. The Labute approximate surface area is 152 Å². The molecule has 0 aliphatic carbocycles. The van der Waals surface area contributed by atoms with Crippen molar-refractivity contribution in [2.45, 2.75) is 26.4 Å². The zero-order chi connectivity index (χ0) is 17.3. The van der Waals surface area contributed by atoms with E-state index in [1.165, 1.54) is 0 Å². The van der Waals surface area contributed by atoms with Crippen LogP contribution in [0.25, 0.3) is 17.1 Å². The lowest BCUT2D eigenvalue weighted by molar-refractivity contribution is 0.164. The molecule has 0 saturated heterocycles. The summed E-state index contributed by atoms with van der Waals surface area (Å²) in [5, 5.41) is 22.8. The van der Waals surface area contributed by atoms with E-state index in [9.17, 15) is 5.11 Å². The second-order valence-corrected chi connectivity index (χ2v) is 6.56. The van der Waals surface area contributed by atoms with Crippen molar-refractivity contribution in [1.82, 2.24) is 25.0 Å². The van der Waals surface area contributed by atoms with E-state index in [-0.39, 0.29) is 0 Å². The molecule has 0 bridgehead atoms. The summed E-state index contributed by atoms with van der Waals surface area (Å²) >= 11 is 9.82. The highest BCUT2D eigenvalue weighted by molar-refractivity contribution is 9.10. The second kappa shape index (κ2) is 6.96. The van der Waals surface area contributed by atoms with Gasteiger partial charge in [-0.25, -0.2) is 9.67 Å². The molecule has 124 valence electrons. The highest BCUT2D eigenvalue weighted by atomic mass is 79.9. The van der Waals surface area contributed by atoms with E-state index in [0.717, 1.165) is 15.6 Å². The Kier molecular flexibility index (Phi) is 4.93. The molecule has 0 fully saturated rings. The third kappa shape index (κ3) is 3.19. The van der Waals surface area contributed by atoms with Gasteiger partial charge >= 0.3 is 0 Å². The molecule has 0 amide bonds. The minimum atomic E-state index is -0.732. The van der Waals surface area contributed by atoms with Gasteiger partial charge < -0.3 is 5.11 Å². The minimum absolute atomic E-state index is 0.358. The second-order valence-electron chi connectivity index (χ2n) is 5.29. The minimum Gasteiger partial charge on any atom is -0.385 e. The zero-order valence-electron chi connectivity index (χ0n) is 13.1. The van der Waals surface area contributed by atoms with Crippen LogP contribution in [-0.2, 0) is 0 Å². The summed E-state index contributed by atoms with van der Waals surface area (Å²) in [6.07, 6.45) is 2.96. The topological polar surface area (TPSA) is 76.7 Å². The predicted molar refractivity (Wildman–Crippen MR) is 95.1 cm³/mol. The van der Waals surface area contributed by atoms with Crippen molar-refractivity contribution < 1.29 is 5.11 Å². The summed E-state index contributed by atoms with van der Waals surface area (Å²) in [4.78, 5) is 4.51. The maximum atomic E-state index is 10.1. The van der Waals surface area contributed by atoms with Crippen molar-refractivity contribution >= 4 is 27.5 Å². The van der Waals surface area contributed by atoms with Gasteiger partial charge in [0.15, 0.2) is 11.6 Å². The smallest absolute Gasteiger partial charge is 0.180 e. The average Bonchev–Trinajstić information content (AvgIpc) is 3.04. The van der Waals surface area contributed by atoms with Crippen LogP contribution in [0.4, 0.5) is 0 Å². The quantitative estimate of drug-likeness (QED) is 0.708. The molecule has 0 aliphatic heterocycles. The summed E-state index contributed by atoms with van der Waals surface area (Å²) in [5.74, 6) is 0.935. The summed E-state index contributed by atoms with van der Waals surface area (Å²) < 4.78 is 2.51. The third-order valence-electron chi connectivity index (χ3n) is 3.66. The van der Waals surface area contributed by atoms with Gasteiger partial charge in [-0.2, -0.15) is 10.2 Å². The lowest BCUT2D eigenvalue weighted by Crippen LogP contribution is -2.02. The van der Waals surface area contributed by atoms with Crippen LogP contribution in [0, 0.1) is 6.92 Å². The molecule has 24 heavy (non-hydrogen) atoms. The van der Waals surface area contributed by atoms with Gasteiger partial charge in [-0.05, 0) is 37.1 Å². The molecule has 0 radical (unpaired) electrons. The van der Waals surface area contributed by atoms with Gasteiger partial charge in [0.2, 0.25) is 0 Å². The highest BCUT2D eigenvalue weighted by Gasteiger charge is 2.19. The molecule has 1 unspecified atom stereocenters. The van der Waals surface area contributed by atoms with Crippen LogP contribution < -0.4 is 0 Å². The van der Waals surface area contributed by atoms with Crippen molar-refractivity contribution in [3.8, 4) is 17.1 Å². The van der Waals surface area contributed by atoms with Gasteiger partial charge in [-0.15, -0.1) is 5.10 Å². The van der Waals surface area contributed by atoms with E-state index < -0.39 is 6.10 Å². The number of hydrogen-bond acceptors (Lipinski definition) is 5. The normalized spacial score (nSPS) is 12.4. The van der Waals surface area contributed by atoms with Gasteiger partial charge in [0.05, 0.1) is 18.1 Å². The maximum Gasteiger partial charge on any atom is 0.180 e. The monoisotopic (exact) mass is 407 g/mol. The Morgan fingerprint density at radius 1 is 1.33 bits per heavy atom. The van der Waals surface area contributed by atoms with E-state index in [0.29, 0.717) is 28.8 Å². The van der Waals surface area contributed by atoms with Crippen molar-refractivity contribution in [1.29, 1.82) is 0 Å². The Hall–Kier alpha value is -1.83. The van der Waals surface area contributed by atoms with Gasteiger partial charge in [0.1, 0.15) is 6.10 Å². The van der Waals surface area contributed by atoms with E-state index in [1.807, 2.05) is 26.0 Å². The average molecular weight is 409 g/mol. The molecule has 0 spiro atoms. The van der Waals surface area contributed by atoms with Gasteiger partial charge in [0.25, 0.3) is 0 Å². The summed E-state index contributed by atoms with van der Waals surface area (Å²) in [5.41, 5.74) is 2.44. The Bertz CT molecular complexity index is 845. The fraction of sp³-hybridized carbons (Fsp3) is 0.250. The van der Waals surface area contributed by atoms with Crippen LogP contribution >= 0.6 is 27.5 Å². The van der Waals surface area contributed by atoms with Gasteiger partial charge in [-0.1, -0.05) is 34.5 Å². The molecule has 6 nitrogen and oxygen atoms in total. The van der Waals surface area contributed by atoms with E-state index in [1.54, 1.807) is 23.1 Å². The Balaban J connectivity index is 2.21. The van der Waals surface area contributed by atoms with Gasteiger partial charge in [0, 0.05) is 15.1 Å². The van der Waals surface area contributed by atoms with Crippen LogP contribution in [-0.4, -0.2) is 30.1 Å². The molecule has 3 aromatic rings. The molecule has 0 aliphatic rings. The summed E-state index contributed by atoms with van der Waals surface area (Å²) in [7, 11) is 0. The first-order chi connectivity index (χ1) is 11.5. The van der Waals surface area contributed by atoms with Crippen molar-refractivity contribution in [2.24, 2.45) is 0 Å². The molecule has 0 saturated carbocycles. The molecule has 8 heteroatoms. The Morgan fingerprint density at radius 2 is 2.12 bits per heavy atom. The number of hydrogen-bond donors (Lipinski definition) is 1. The molecular formula is C16H15BrClN5O. The molecule has 1 aromatic carbocycles. The molecular weight excluding hydrogens is 394 g/mol. The molecule has 2 heterocycles. The molecule has 3 rings (SSSR count). The SMILES string of the molecule is CCC(O)c1nc(-c2cc(Cl)c(C)c(Br)c2)n(-c2ccnnc2)n1.